The Morgan fingerprint density at radius 2 is 0.980 bits per heavy atom. The van der Waals surface area contributed by atoms with Gasteiger partial charge in [-0.1, -0.05) is 72.8 Å². The second-order valence-electron chi connectivity index (χ2n) is 12.5. The summed E-state index contributed by atoms with van der Waals surface area (Å²) in [6.07, 6.45) is 0. The summed E-state index contributed by atoms with van der Waals surface area (Å²) in [5.41, 5.74) is 8.75. The molecule has 0 unspecified atom stereocenters. The van der Waals surface area contributed by atoms with Crippen LogP contribution in [0.5, 0.6) is 0 Å². The van der Waals surface area contributed by atoms with Crippen LogP contribution in [-0.4, -0.2) is 22.5 Å². The van der Waals surface area contributed by atoms with E-state index >= 15 is 0 Å². The van der Waals surface area contributed by atoms with Crippen molar-refractivity contribution in [1.82, 2.24) is 14.1 Å². The van der Waals surface area contributed by atoms with Crippen LogP contribution in [0.1, 0.15) is 5.56 Å². The Morgan fingerprint density at radius 1 is 0.500 bits per heavy atom. The number of hydrogen-bond acceptors (Lipinski definition) is 3. The first kappa shape index (κ1) is 28.4. The Hall–Kier alpha value is -6.62. The van der Waals surface area contributed by atoms with Gasteiger partial charge in [-0.15, -0.1) is 0 Å². The summed E-state index contributed by atoms with van der Waals surface area (Å²) < 4.78 is 32.0. The van der Waals surface area contributed by atoms with Crippen LogP contribution in [0.4, 0.5) is 0 Å². The number of nitrogens with zero attached hydrogens (tertiary/aromatic N) is 3. The van der Waals surface area contributed by atoms with Gasteiger partial charge in [-0.05, 0) is 78.9 Å². The molecule has 0 aliphatic carbocycles. The number of rotatable bonds is 4. The third-order valence-electron chi connectivity index (χ3n) is 9.89. The van der Waals surface area contributed by atoms with E-state index in [0.29, 0.717) is 5.56 Å². The van der Waals surface area contributed by atoms with Crippen molar-refractivity contribution < 1.29 is 8.42 Å². The number of sulfone groups is 1. The highest BCUT2D eigenvalue weighted by atomic mass is 32.2. The molecule has 10 aromatic rings. The van der Waals surface area contributed by atoms with E-state index in [1.54, 1.807) is 12.1 Å². The Kier molecular flexibility index (Phi) is 5.93. The van der Waals surface area contributed by atoms with Gasteiger partial charge >= 0.3 is 0 Å². The number of nitriles is 1. The molecule has 0 saturated heterocycles. The molecular weight excluding hydrogens is 637 g/mol. The lowest BCUT2D eigenvalue weighted by Crippen LogP contribution is -2.03. The van der Waals surface area contributed by atoms with Crippen molar-refractivity contribution in [2.45, 2.75) is 9.79 Å². The van der Waals surface area contributed by atoms with Gasteiger partial charge in [0.15, 0.2) is 0 Å². The van der Waals surface area contributed by atoms with Gasteiger partial charge in [0, 0.05) is 49.2 Å². The Labute approximate surface area is 286 Å². The number of benzene rings is 7. The van der Waals surface area contributed by atoms with Crippen molar-refractivity contribution in [1.29, 1.82) is 5.26 Å². The molecular formula is C43H26N4O2S. The zero-order valence-corrected chi connectivity index (χ0v) is 27.3. The number of para-hydroxylation sites is 4. The van der Waals surface area contributed by atoms with Gasteiger partial charge in [0.1, 0.15) is 0 Å². The minimum atomic E-state index is -3.80. The van der Waals surface area contributed by atoms with Crippen LogP contribution in [0.25, 0.3) is 76.8 Å². The van der Waals surface area contributed by atoms with Crippen LogP contribution < -0.4 is 0 Å². The molecule has 1 N–H and O–H groups in total. The largest absolute Gasteiger partial charge is 0.354 e. The average molecular weight is 663 g/mol. The molecule has 50 heavy (non-hydrogen) atoms. The van der Waals surface area contributed by atoms with Crippen molar-refractivity contribution in [2.75, 3.05) is 0 Å². The van der Waals surface area contributed by atoms with Crippen molar-refractivity contribution >= 4 is 75.3 Å². The maximum absolute atomic E-state index is 13.6. The van der Waals surface area contributed by atoms with E-state index in [9.17, 15) is 13.7 Å². The van der Waals surface area contributed by atoms with E-state index in [4.69, 9.17) is 0 Å². The number of nitrogens with one attached hydrogen (secondary N) is 1. The van der Waals surface area contributed by atoms with Crippen LogP contribution in [0.3, 0.4) is 0 Å². The SMILES string of the molecule is N#Cc1ccc(S(=O)(=O)c2ccc(-n3c4ccccc4c4c5c(c6ccccc6n5-c5ccccc5)c5[nH]c6ccccc6c5c43)cc2)cc1. The first-order chi connectivity index (χ1) is 24.5. The Balaban J connectivity index is 1.36. The van der Waals surface area contributed by atoms with E-state index < -0.39 is 9.84 Å². The highest BCUT2D eigenvalue weighted by molar-refractivity contribution is 7.91. The molecule has 0 saturated carbocycles. The molecule has 0 aliphatic heterocycles. The lowest BCUT2D eigenvalue weighted by molar-refractivity contribution is 0.596. The van der Waals surface area contributed by atoms with Gasteiger partial charge < -0.3 is 14.1 Å². The molecule has 0 bridgehead atoms. The monoisotopic (exact) mass is 662 g/mol. The normalized spacial score (nSPS) is 12.1. The second kappa shape index (κ2) is 10.4. The predicted molar refractivity (Wildman–Crippen MR) is 201 cm³/mol. The van der Waals surface area contributed by atoms with E-state index in [-0.39, 0.29) is 9.79 Å². The Bertz CT molecular complexity index is 3140. The molecule has 236 valence electrons. The predicted octanol–water partition coefficient (Wildman–Crippen LogP) is 10.2. The van der Waals surface area contributed by atoms with Gasteiger partial charge in [0.2, 0.25) is 9.84 Å². The average Bonchev–Trinajstić information content (AvgIpc) is 3.83. The summed E-state index contributed by atoms with van der Waals surface area (Å²) in [5, 5.41) is 16.0. The highest BCUT2D eigenvalue weighted by Crippen LogP contribution is 2.48. The quantitative estimate of drug-likeness (QED) is 0.204. The van der Waals surface area contributed by atoms with Crippen LogP contribution in [0, 0.1) is 11.3 Å². The highest BCUT2D eigenvalue weighted by Gasteiger charge is 2.27. The molecule has 0 radical (unpaired) electrons. The Morgan fingerprint density at radius 3 is 1.60 bits per heavy atom. The number of hydrogen-bond donors (Lipinski definition) is 1. The molecule has 3 heterocycles. The van der Waals surface area contributed by atoms with Crippen LogP contribution in [0.2, 0.25) is 0 Å². The molecule has 0 spiro atoms. The summed E-state index contributed by atoms with van der Waals surface area (Å²) in [7, 11) is -3.80. The van der Waals surface area contributed by atoms with Crippen molar-refractivity contribution in [3.63, 3.8) is 0 Å². The molecule has 3 aromatic heterocycles. The zero-order valence-electron chi connectivity index (χ0n) is 26.5. The maximum atomic E-state index is 13.6. The van der Waals surface area contributed by atoms with Crippen molar-refractivity contribution in [3.05, 3.63) is 157 Å². The number of aromatic amines is 1. The summed E-state index contributed by atoms with van der Waals surface area (Å²) in [4.78, 5) is 4.16. The van der Waals surface area contributed by atoms with Crippen molar-refractivity contribution in [3.8, 4) is 17.4 Å². The summed E-state index contributed by atoms with van der Waals surface area (Å²) >= 11 is 0. The lowest BCUT2D eigenvalue weighted by Gasteiger charge is -2.12. The molecule has 0 aliphatic rings. The fraction of sp³-hybridized carbons (Fsp3) is 0. The smallest absolute Gasteiger partial charge is 0.206 e. The number of H-pyrrole nitrogens is 1. The second-order valence-corrected chi connectivity index (χ2v) is 14.5. The number of fused-ring (bicyclic) bond motifs is 12. The first-order valence-electron chi connectivity index (χ1n) is 16.3. The van der Waals surface area contributed by atoms with Crippen molar-refractivity contribution in [2.24, 2.45) is 0 Å². The maximum Gasteiger partial charge on any atom is 0.206 e. The van der Waals surface area contributed by atoms with E-state index in [2.05, 4.69) is 111 Å². The first-order valence-corrected chi connectivity index (χ1v) is 17.8. The van der Waals surface area contributed by atoms with E-state index in [0.717, 1.165) is 71.4 Å². The molecule has 10 rings (SSSR count). The standard InChI is InChI=1S/C43H26N4O2S/c44-26-27-18-22-30(23-19-27)50(48,49)31-24-20-29(21-25-31)47-37-17-9-6-14-34(37)40-42(47)38-32-12-4-7-15-35(32)45-41(38)39-33-13-5-8-16-36(33)46(43(39)40)28-10-2-1-3-11-28/h1-25,45H. The van der Waals surface area contributed by atoms with E-state index in [1.807, 2.05) is 24.3 Å². The minimum absolute atomic E-state index is 0.151. The topological polar surface area (TPSA) is 83.6 Å². The number of aromatic nitrogens is 3. The zero-order chi connectivity index (χ0) is 33.6. The summed E-state index contributed by atoms with van der Waals surface area (Å²) in [5.74, 6) is 0. The summed E-state index contributed by atoms with van der Waals surface area (Å²) in [6, 6.07) is 51.2. The summed E-state index contributed by atoms with van der Waals surface area (Å²) in [6.45, 7) is 0. The molecule has 0 atom stereocenters. The van der Waals surface area contributed by atoms with Gasteiger partial charge in [-0.25, -0.2) is 8.42 Å². The molecule has 0 amide bonds. The van der Waals surface area contributed by atoms with E-state index in [1.165, 1.54) is 29.7 Å². The molecule has 7 heteroatoms. The van der Waals surface area contributed by atoms with Gasteiger partial charge in [-0.2, -0.15) is 5.26 Å². The third kappa shape index (κ3) is 3.85. The fourth-order valence-corrected chi connectivity index (χ4v) is 9.01. The van der Waals surface area contributed by atoms with Gasteiger partial charge in [0.05, 0.1) is 49.0 Å². The van der Waals surface area contributed by atoms with Gasteiger partial charge in [-0.3, -0.25) is 0 Å². The van der Waals surface area contributed by atoms with Crippen LogP contribution >= 0.6 is 0 Å². The third-order valence-corrected chi connectivity index (χ3v) is 11.7. The molecule has 7 aromatic carbocycles. The fourth-order valence-electron chi connectivity index (χ4n) is 7.75. The minimum Gasteiger partial charge on any atom is -0.354 e. The van der Waals surface area contributed by atoms with Crippen LogP contribution in [0.15, 0.2) is 161 Å². The molecule has 6 nitrogen and oxygen atoms in total. The molecule has 0 fully saturated rings. The van der Waals surface area contributed by atoms with Gasteiger partial charge in [0.25, 0.3) is 0 Å². The van der Waals surface area contributed by atoms with Crippen LogP contribution in [-0.2, 0) is 9.84 Å². The lowest BCUT2D eigenvalue weighted by atomic mass is 10.0.